The molecule has 0 spiro atoms. The summed E-state index contributed by atoms with van der Waals surface area (Å²) in [6.07, 6.45) is 2.01. The second-order valence-electron chi connectivity index (χ2n) is 5.95. The van der Waals surface area contributed by atoms with Crippen molar-refractivity contribution < 1.29 is 14.3 Å². The van der Waals surface area contributed by atoms with Crippen LogP contribution in [0.2, 0.25) is 10.0 Å². The highest BCUT2D eigenvalue weighted by Crippen LogP contribution is 2.27. The van der Waals surface area contributed by atoms with Gasteiger partial charge >= 0.3 is 0 Å². The third kappa shape index (κ3) is 7.49. The van der Waals surface area contributed by atoms with Crippen molar-refractivity contribution >= 4 is 40.7 Å². The Balaban J connectivity index is 1.70. The summed E-state index contributed by atoms with van der Waals surface area (Å²) in [6.45, 7) is 0.382. The number of nitrogens with one attached hydrogen (secondary N) is 2. The van der Waals surface area contributed by atoms with Gasteiger partial charge in [0, 0.05) is 30.6 Å². The van der Waals surface area contributed by atoms with E-state index in [0.717, 1.165) is 11.3 Å². The highest BCUT2D eigenvalue weighted by Gasteiger charge is 2.06. The number of rotatable bonds is 9. The first-order valence-corrected chi connectivity index (χ1v) is 9.41. The average Bonchev–Trinajstić information content (AvgIpc) is 2.65. The molecule has 27 heavy (non-hydrogen) atoms. The van der Waals surface area contributed by atoms with Crippen LogP contribution in [0.15, 0.2) is 42.5 Å². The van der Waals surface area contributed by atoms with Gasteiger partial charge in [-0.1, -0.05) is 35.3 Å². The van der Waals surface area contributed by atoms with E-state index in [1.807, 2.05) is 24.3 Å². The van der Waals surface area contributed by atoms with Gasteiger partial charge in [0.05, 0.1) is 11.6 Å². The summed E-state index contributed by atoms with van der Waals surface area (Å²) in [6, 6.07) is 12.5. The predicted molar refractivity (Wildman–Crippen MR) is 109 cm³/mol. The molecule has 0 radical (unpaired) electrons. The van der Waals surface area contributed by atoms with Crippen LogP contribution in [0.5, 0.6) is 5.75 Å². The molecular formula is C20H22Cl2N2O3. The van der Waals surface area contributed by atoms with E-state index >= 15 is 0 Å². The van der Waals surface area contributed by atoms with E-state index < -0.39 is 0 Å². The lowest BCUT2D eigenvalue weighted by Crippen LogP contribution is -2.17. The van der Waals surface area contributed by atoms with Crippen molar-refractivity contribution in [3.05, 3.63) is 58.1 Å². The Labute approximate surface area is 169 Å². The van der Waals surface area contributed by atoms with Crippen LogP contribution in [0.3, 0.4) is 0 Å². The van der Waals surface area contributed by atoms with Gasteiger partial charge in [-0.15, -0.1) is 0 Å². The van der Waals surface area contributed by atoms with Gasteiger partial charge in [0.25, 0.3) is 0 Å². The van der Waals surface area contributed by atoms with Gasteiger partial charge < -0.3 is 15.4 Å². The normalized spacial score (nSPS) is 10.3. The molecule has 0 saturated heterocycles. The van der Waals surface area contributed by atoms with Crippen molar-refractivity contribution in [1.29, 1.82) is 0 Å². The molecule has 0 heterocycles. The second-order valence-corrected chi connectivity index (χ2v) is 6.79. The van der Waals surface area contributed by atoms with E-state index in [4.69, 9.17) is 27.9 Å². The molecule has 7 heteroatoms. The molecule has 0 atom stereocenters. The van der Waals surface area contributed by atoms with Crippen LogP contribution in [-0.4, -0.2) is 25.5 Å². The Kier molecular flexibility index (Phi) is 8.43. The van der Waals surface area contributed by atoms with Crippen LogP contribution >= 0.6 is 23.2 Å². The third-order valence-corrected chi connectivity index (χ3v) is 4.39. The topological polar surface area (TPSA) is 67.4 Å². The Bertz CT molecular complexity index is 779. The minimum absolute atomic E-state index is 0.00878. The molecule has 2 rings (SSSR count). The molecule has 2 aromatic carbocycles. The standard InChI is InChI=1S/C20H22Cl2N2O3/c1-23-19(25)11-6-14-4-8-16(9-5-14)24-20(26)3-2-12-27-18-10-7-15(21)13-17(18)22/h4-5,7-10,13H,2-3,6,11-12H2,1H3,(H,23,25)(H,24,26). The number of hydrogen-bond donors (Lipinski definition) is 2. The zero-order valence-corrected chi connectivity index (χ0v) is 16.6. The first-order valence-electron chi connectivity index (χ1n) is 8.65. The van der Waals surface area contributed by atoms with E-state index in [0.29, 0.717) is 48.1 Å². The monoisotopic (exact) mass is 408 g/mol. The molecule has 2 aromatic rings. The molecule has 0 bridgehead atoms. The van der Waals surface area contributed by atoms with E-state index in [1.54, 1.807) is 25.2 Å². The minimum atomic E-state index is -0.0843. The highest BCUT2D eigenvalue weighted by molar-refractivity contribution is 6.35. The number of benzene rings is 2. The van der Waals surface area contributed by atoms with Crippen molar-refractivity contribution in [1.82, 2.24) is 5.32 Å². The molecule has 0 aliphatic carbocycles. The van der Waals surface area contributed by atoms with E-state index in [9.17, 15) is 9.59 Å². The van der Waals surface area contributed by atoms with E-state index in [-0.39, 0.29) is 11.8 Å². The number of carbonyl (C=O) groups excluding carboxylic acids is 2. The van der Waals surface area contributed by atoms with E-state index in [1.165, 1.54) is 0 Å². The number of carbonyl (C=O) groups is 2. The summed E-state index contributed by atoms with van der Waals surface area (Å²) in [5, 5.41) is 6.43. The van der Waals surface area contributed by atoms with Crippen LogP contribution in [0.25, 0.3) is 0 Å². The zero-order chi connectivity index (χ0) is 19.6. The van der Waals surface area contributed by atoms with Crippen molar-refractivity contribution in [2.75, 3.05) is 19.0 Å². The van der Waals surface area contributed by atoms with Crippen LogP contribution in [-0.2, 0) is 16.0 Å². The molecule has 0 saturated carbocycles. The lowest BCUT2D eigenvalue weighted by atomic mass is 10.1. The molecule has 0 aliphatic rings. The number of amides is 2. The van der Waals surface area contributed by atoms with Crippen LogP contribution in [0, 0.1) is 0 Å². The van der Waals surface area contributed by atoms with E-state index in [2.05, 4.69) is 10.6 Å². The molecule has 2 N–H and O–H groups in total. The van der Waals surface area contributed by atoms with Crippen LogP contribution in [0.1, 0.15) is 24.8 Å². The van der Waals surface area contributed by atoms with Crippen molar-refractivity contribution in [2.24, 2.45) is 0 Å². The molecule has 0 aromatic heterocycles. The summed E-state index contributed by atoms with van der Waals surface area (Å²) in [4.78, 5) is 23.3. The van der Waals surface area contributed by atoms with Crippen molar-refractivity contribution in [2.45, 2.75) is 25.7 Å². The quantitative estimate of drug-likeness (QED) is 0.601. The number of aryl methyl sites for hydroxylation is 1. The second kappa shape index (κ2) is 10.8. The van der Waals surface area contributed by atoms with Gasteiger partial charge in [0.2, 0.25) is 11.8 Å². The summed E-state index contributed by atoms with van der Waals surface area (Å²) in [5.74, 6) is 0.474. The Morgan fingerprint density at radius 2 is 1.74 bits per heavy atom. The molecule has 144 valence electrons. The first-order chi connectivity index (χ1) is 13.0. The third-order valence-electron chi connectivity index (χ3n) is 3.86. The van der Waals surface area contributed by atoms with Gasteiger partial charge in [-0.3, -0.25) is 9.59 Å². The van der Waals surface area contributed by atoms with Gasteiger partial charge in [0.15, 0.2) is 0 Å². The Morgan fingerprint density at radius 1 is 1.00 bits per heavy atom. The maximum Gasteiger partial charge on any atom is 0.224 e. The maximum absolute atomic E-state index is 12.0. The van der Waals surface area contributed by atoms with Crippen LogP contribution in [0.4, 0.5) is 5.69 Å². The molecule has 0 aliphatic heterocycles. The summed E-state index contributed by atoms with van der Waals surface area (Å²) >= 11 is 11.9. The SMILES string of the molecule is CNC(=O)CCc1ccc(NC(=O)CCCOc2ccc(Cl)cc2Cl)cc1. The number of ether oxygens (including phenoxy) is 1. The lowest BCUT2D eigenvalue weighted by Gasteiger charge is -2.09. The number of anilines is 1. The largest absolute Gasteiger partial charge is 0.492 e. The Hall–Kier alpha value is -2.24. The average molecular weight is 409 g/mol. The maximum atomic E-state index is 12.0. The van der Waals surface area contributed by atoms with Gasteiger partial charge in [-0.05, 0) is 48.7 Å². The lowest BCUT2D eigenvalue weighted by molar-refractivity contribution is -0.120. The van der Waals surface area contributed by atoms with Crippen molar-refractivity contribution in [3.63, 3.8) is 0 Å². The fourth-order valence-corrected chi connectivity index (χ4v) is 2.83. The molecule has 0 fully saturated rings. The summed E-state index contributed by atoms with van der Waals surface area (Å²) < 4.78 is 5.56. The van der Waals surface area contributed by atoms with Gasteiger partial charge in [-0.25, -0.2) is 0 Å². The molecular weight excluding hydrogens is 387 g/mol. The van der Waals surface area contributed by atoms with Crippen molar-refractivity contribution in [3.8, 4) is 5.75 Å². The molecule has 2 amide bonds. The molecule has 5 nitrogen and oxygen atoms in total. The zero-order valence-electron chi connectivity index (χ0n) is 15.1. The first kappa shape index (κ1) is 21.1. The smallest absolute Gasteiger partial charge is 0.224 e. The van der Waals surface area contributed by atoms with Gasteiger partial charge in [0.1, 0.15) is 5.75 Å². The van der Waals surface area contributed by atoms with Crippen LogP contribution < -0.4 is 15.4 Å². The number of hydrogen-bond acceptors (Lipinski definition) is 3. The molecule has 0 unspecified atom stereocenters. The Morgan fingerprint density at radius 3 is 2.41 bits per heavy atom. The summed E-state index contributed by atoms with van der Waals surface area (Å²) in [5.41, 5.74) is 1.77. The summed E-state index contributed by atoms with van der Waals surface area (Å²) in [7, 11) is 1.62. The predicted octanol–water partition coefficient (Wildman–Crippen LogP) is 4.47. The number of halogens is 2. The fraction of sp³-hybridized carbons (Fsp3) is 0.300. The van der Waals surface area contributed by atoms with Gasteiger partial charge in [-0.2, -0.15) is 0 Å². The minimum Gasteiger partial charge on any atom is -0.492 e. The highest BCUT2D eigenvalue weighted by atomic mass is 35.5. The fourth-order valence-electron chi connectivity index (χ4n) is 2.37.